The number of carbonyl (C=O) groups is 4. The third kappa shape index (κ3) is 11.4. The topological polar surface area (TPSA) is 149 Å². The first-order chi connectivity index (χ1) is 11.6. The van der Waals surface area contributed by atoms with Crippen LogP contribution in [0.3, 0.4) is 0 Å². The van der Waals surface area contributed by atoms with Gasteiger partial charge in [0.15, 0.2) is 0 Å². The van der Waals surface area contributed by atoms with E-state index in [1.807, 2.05) is 0 Å². The van der Waals surface area contributed by atoms with E-state index in [4.69, 9.17) is 0 Å². The summed E-state index contributed by atoms with van der Waals surface area (Å²) >= 11 is 0. The molecule has 0 radical (unpaired) electrons. The lowest BCUT2D eigenvalue weighted by atomic mass is 10.4. The van der Waals surface area contributed by atoms with E-state index < -0.39 is 36.6 Å². The van der Waals surface area contributed by atoms with Crippen LogP contribution in [-0.2, 0) is 38.7 Å². The molecule has 0 heterocycles. The van der Waals surface area contributed by atoms with Crippen LogP contribution in [0.15, 0.2) is 24.3 Å². The standard InChI is InChI=1S/C14H20N2O9/c1-8(2)13(20)24-22-11(18)6-15-5-10(17)16-7-12(19)23-25-14(21)9(3)4/h10,15-17H,1,3,5-7H2,2,4H3. The highest BCUT2D eigenvalue weighted by Gasteiger charge is 2.13. The first-order valence-electron chi connectivity index (χ1n) is 6.90. The lowest BCUT2D eigenvalue weighted by Gasteiger charge is -2.12. The fraction of sp³-hybridized carbons (Fsp3) is 0.429. The van der Waals surface area contributed by atoms with Gasteiger partial charge in [-0.25, -0.2) is 38.7 Å². The molecule has 11 heteroatoms. The summed E-state index contributed by atoms with van der Waals surface area (Å²) in [5.41, 5.74) is 0.104. The summed E-state index contributed by atoms with van der Waals surface area (Å²) in [6.07, 6.45) is -1.23. The van der Waals surface area contributed by atoms with Crippen molar-refractivity contribution in [2.75, 3.05) is 19.6 Å². The monoisotopic (exact) mass is 360 g/mol. The van der Waals surface area contributed by atoms with Crippen molar-refractivity contribution in [3.8, 4) is 0 Å². The molecule has 0 aliphatic rings. The molecule has 0 saturated heterocycles. The zero-order valence-corrected chi connectivity index (χ0v) is 13.8. The molecule has 140 valence electrons. The molecule has 0 amide bonds. The molecule has 0 aromatic heterocycles. The van der Waals surface area contributed by atoms with Crippen molar-refractivity contribution in [2.45, 2.75) is 20.1 Å². The fourth-order valence-electron chi connectivity index (χ4n) is 0.954. The number of hydrogen-bond donors (Lipinski definition) is 3. The Hall–Kier alpha value is -2.76. The highest BCUT2D eigenvalue weighted by Crippen LogP contribution is 1.94. The second kappa shape index (κ2) is 11.7. The van der Waals surface area contributed by atoms with Crippen molar-refractivity contribution >= 4 is 23.9 Å². The van der Waals surface area contributed by atoms with Gasteiger partial charge >= 0.3 is 23.9 Å². The van der Waals surface area contributed by atoms with E-state index in [0.29, 0.717) is 0 Å². The van der Waals surface area contributed by atoms with Gasteiger partial charge in [0.1, 0.15) is 12.8 Å². The van der Waals surface area contributed by atoms with Crippen molar-refractivity contribution in [3.05, 3.63) is 24.3 Å². The minimum atomic E-state index is -1.23. The minimum absolute atomic E-state index is 0.0470. The maximum Gasteiger partial charge on any atom is 0.381 e. The van der Waals surface area contributed by atoms with E-state index in [1.165, 1.54) is 13.8 Å². The van der Waals surface area contributed by atoms with Crippen LogP contribution in [-0.4, -0.2) is 54.8 Å². The molecule has 0 saturated carbocycles. The zero-order valence-electron chi connectivity index (χ0n) is 13.8. The van der Waals surface area contributed by atoms with E-state index in [2.05, 4.69) is 43.3 Å². The Bertz CT molecular complexity index is 544. The van der Waals surface area contributed by atoms with Gasteiger partial charge in [-0.05, 0) is 13.8 Å². The summed E-state index contributed by atoms with van der Waals surface area (Å²) in [6, 6.07) is 0. The Morgan fingerprint density at radius 3 is 1.76 bits per heavy atom. The first-order valence-corrected chi connectivity index (χ1v) is 6.90. The number of rotatable bonds is 9. The molecule has 0 bridgehead atoms. The molecular formula is C14H20N2O9. The van der Waals surface area contributed by atoms with Crippen LogP contribution in [0.2, 0.25) is 0 Å². The van der Waals surface area contributed by atoms with Crippen LogP contribution in [0.5, 0.6) is 0 Å². The molecule has 0 aromatic rings. The molecule has 0 spiro atoms. The van der Waals surface area contributed by atoms with Gasteiger partial charge in [0.2, 0.25) is 0 Å². The lowest BCUT2D eigenvalue weighted by Crippen LogP contribution is -2.42. The molecule has 0 rings (SSSR count). The fourth-order valence-corrected chi connectivity index (χ4v) is 0.954. The summed E-state index contributed by atoms with van der Waals surface area (Å²) in [4.78, 5) is 61.0. The maximum atomic E-state index is 11.2. The van der Waals surface area contributed by atoms with E-state index in [9.17, 15) is 24.3 Å². The summed E-state index contributed by atoms with van der Waals surface area (Å²) in [5, 5.41) is 14.3. The Morgan fingerprint density at radius 2 is 1.32 bits per heavy atom. The Labute approximate surface area is 143 Å². The predicted molar refractivity (Wildman–Crippen MR) is 80.9 cm³/mol. The molecule has 1 atom stereocenters. The Morgan fingerprint density at radius 1 is 0.880 bits per heavy atom. The number of aliphatic hydroxyl groups is 1. The second-order valence-corrected chi connectivity index (χ2v) is 4.74. The molecule has 0 aliphatic carbocycles. The molecule has 0 aliphatic heterocycles. The summed E-state index contributed by atoms with van der Waals surface area (Å²) in [5.74, 6) is -3.66. The number of aliphatic hydroxyl groups excluding tert-OH is 1. The van der Waals surface area contributed by atoms with Gasteiger partial charge in [-0.15, -0.1) is 0 Å². The van der Waals surface area contributed by atoms with Crippen LogP contribution >= 0.6 is 0 Å². The Kier molecular flexibility index (Phi) is 10.4. The third-order valence-electron chi connectivity index (χ3n) is 2.21. The van der Waals surface area contributed by atoms with E-state index in [1.54, 1.807) is 0 Å². The van der Waals surface area contributed by atoms with Gasteiger partial charge in [-0.3, -0.25) is 5.32 Å². The van der Waals surface area contributed by atoms with Crippen LogP contribution in [0.1, 0.15) is 13.8 Å². The van der Waals surface area contributed by atoms with E-state index in [0.717, 1.165) is 0 Å². The summed E-state index contributed by atoms with van der Waals surface area (Å²) in [7, 11) is 0. The SMILES string of the molecule is C=C(C)C(=O)OOC(=O)CNCC(O)NCC(=O)OOC(=O)C(=C)C. The average Bonchev–Trinajstić information content (AvgIpc) is 2.55. The number of carbonyl (C=O) groups excluding carboxylic acids is 4. The van der Waals surface area contributed by atoms with Crippen molar-refractivity contribution in [3.63, 3.8) is 0 Å². The predicted octanol–water partition coefficient (Wildman–Crippen LogP) is -1.36. The van der Waals surface area contributed by atoms with Gasteiger partial charge in [0.05, 0.1) is 6.54 Å². The van der Waals surface area contributed by atoms with Gasteiger partial charge in [0.25, 0.3) is 0 Å². The quantitative estimate of drug-likeness (QED) is 0.194. The summed E-state index contributed by atoms with van der Waals surface area (Å²) < 4.78 is 0. The van der Waals surface area contributed by atoms with Crippen LogP contribution in [0, 0.1) is 0 Å². The van der Waals surface area contributed by atoms with Crippen molar-refractivity contribution in [1.82, 2.24) is 10.6 Å². The van der Waals surface area contributed by atoms with Crippen molar-refractivity contribution in [2.24, 2.45) is 0 Å². The largest absolute Gasteiger partial charge is 0.381 e. The summed E-state index contributed by atoms with van der Waals surface area (Å²) in [6.45, 7) is 8.34. The molecule has 0 aromatic carbocycles. The van der Waals surface area contributed by atoms with Crippen LogP contribution in [0.25, 0.3) is 0 Å². The molecule has 1 unspecified atom stereocenters. The highest BCUT2D eigenvalue weighted by atomic mass is 17.2. The molecule has 0 fully saturated rings. The van der Waals surface area contributed by atoms with E-state index >= 15 is 0 Å². The lowest BCUT2D eigenvalue weighted by molar-refractivity contribution is -0.255. The van der Waals surface area contributed by atoms with Gasteiger partial charge in [-0.1, -0.05) is 13.2 Å². The molecule has 11 nitrogen and oxygen atoms in total. The molecule has 25 heavy (non-hydrogen) atoms. The number of hydrogen-bond acceptors (Lipinski definition) is 11. The first kappa shape index (κ1) is 22.2. The number of nitrogens with one attached hydrogen (secondary N) is 2. The van der Waals surface area contributed by atoms with Crippen molar-refractivity contribution < 1.29 is 43.8 Å². The molecule has 3 N–H and O–H groups in total. The average molecular weight is 360 g/mol. The normalized spacial score (nSPS) is 11.0. The van der Waals surface area contributed by atoms with Crippen LogP contribution in [0.4, 0.5) is 0 Å². The highest BCUT2D eigenvalue weighted by molar-refractivity contribution is 5.87. The van der Waals surface area contributed by atoms with E-state index in [-0.39, 0.29) is 24.2 Å². The van der Waals surface area contributed by atoms with Gasteiger partial charge in [-0.2, -0.15) is 0 Å². The molecular weight excluding hydrogens is 340 g/mol. The minimum Gasteiger partial charge on any atom is -0.377 e. The Balaban J connectivity index is 3.81. The zero-order chi connectivity index (χ0) is 19.4. The van der Waals surface area contributed by atoms with Gasteiger partial charge < -0.3 is 10.4 Å². The van der Waals surface area contributed by atoms with Crippen molar-refractivity contribution in [1.29, 1.82) is 0 Å². The third-order valence-corrected chi connectivity index (χ3v) is 2.21. The smallest absolute Gasteiger partial charge is 0.377 e. The van der Waals surface area contributed by atoms with Gasteiger partial charge in [0, 0.05) is 17.7 Å². The second-order valence-electron chi connectivity index (χ2n) is 4.74. The maximum absolute atomic E-state index is 11.2. The van der Waals surface area contributed by atoms with Crippen LogP contribution < -0.4 is 10.6 Å².